The van der Waals surface area contributed by atoms with Gasteiger partial charge in [0, 0.05) is 22.1 Å². The van der Waals surface area contributed by atoms with Crippen LogP contribution in [0.5, 0.6) is 0 Å². The molecular formula is C47H43N3O10. The molecule has 0 radical (unpaired) electrons. The Hall–Kier alpha value is -8.19. The Morgan fingerprint density at radius 1 is 0.450 bits per heavy atom. The number of nitrogens with one attached hydrogen (secondary N) is 1. The predicted octanol–water partition coefficient (Wildman–Crippen LogP) is 10.4. The molecule has 6 aromatic rings. The van der Waals surface area contributed by atoms with Crippen LogP contribution < -0.4 is 16.8 Å². The molecule has 8 N–H and O–H groups in total. The van der Waals surface area contributed by atoms with Crippen LogP contribution in [0.15, 0.2) is 140 Å². The van der Waals surface area contributed by atoms with Crippen molar-refractivity contribution in [3.63, 3.8) is 0 Å². The first-order chi connectivity index (χ1) is 28.1. The standard InChI is InChI=1S/C23H19NO4.C22H18O2.2CH3NO2/c1-12(2)21(25)18-11-16-9-14-7-5-6-8-15(14)10-17(16)20(24-23(27)28)19(18)22(26)13(3)4;1-13(2)21(23)19-15-9-5-7-11-17(15)20(22(24)14(3)4)18-12-8-6-10-16(18)19;2*2-1(3)4/h5-11,24H,1,3H2,2,4H3,(H,27,28);5-12H,1,3H2,2,4H3;2*2H2,(H,3,4). The summed E-state index contributed by atoms with van der Waals surface area (Å²) in [4.78, 5) is 80.3. The van der Waals surface area contributed by atoms with Crippen LogP contribution in [0.3, 0.4) is 0 Å². The van der Waals surface area contributed by atoms with Crippen LogP contribution in [0.2, 0.25) is 0 Å². The molecule has 0 bridgehead atoms. The lowest BCUT2D eigenvalue weighted by molar-refractivity contribution is 0.1000. The van der Waals surface area contributed by atoms with Gasteiger partial charge in [-0.05, 0) is 106 Å². The van der Waals surface area contributed by atoms with E-state index in [4.69, 9.17) is 19.8 Å². The van der Waals surface area contributed by atoms with Gasteiger partial charge in [-0.2, -0.15) is 0 Å². The molecule has 0 saturated carbocycles. The molecule has 3 amide bonds. The van der Waals surface area contributed by atoms with Crippen molar-refractivity contribution in [3.8, 4) is 0 Å². The fourth-order valence-corrected chi connectivity index (χ4v) is 6.23. The van der Waals surface area contributed by atoms with E-state index in [0.29, 0.717) is 33.0 Å². The third-order valence-electron chi connectivity index (χ3n) is 8.65. The smallest absolute Gasteiger partial charge is 0.409 e. The predicted molar refractivity (Wildman–Crippen MR) is 236 cm³/mol. The third kappa shape index (κ3) is 10.8. The van der Waals surface area contributed by atoms with E-state index < -0.39 is 29.8 Å². The number of hydrogen-bond acceptors (Lipinski definition) is 7. The number of nitrogens with two attached hydrogens (primary N) is 2. The molecule has 0 aromatic heterocycles. The van der Waals surface area contributed by atoms with Gasteiger partial charge in [0.1, 0.15) is 0 Å². The lowest BCUT2D eigenvalue weighted by Gasteiger charge is -2.17. The van der Waals surface area contributed by atoms with Crippen molar-refractivity contribution in [2.75, 3.05) is 5.32 Å². The zero-order valence-electron chi connectivity index (χ0n) is 33.3. The molecule has 0 aliphatic carbocycles. The number of carbonyl (C=O) groups excluding carboxylic acids is 4. The van der Waals surface area contributed by atoms with Gasteiger partial charge in [-0.15, -0.1) is 0 Å². The van der Waals surface area contributed by atoms with E-state index in [1.54, 1.807) is 32.9 Å². The zero-order chi connectivity index (χ0) is 45.2. The Morgan fingerprint density at radius 3 is 1.10 bits per heavy atom. The summed E-state index contributed by atoms with van der Waals surface area (Å²) in [5.74, 6) is -1.12. The number of hydrogen-bond donors (Lipinski definition) is 6. The quantitative estimate of drug-likeness (QED) is 0.0458. The molecule has 13 nitrogen and oxygen atoms in total. The van der Waals surface area contributed by atoms with Crippen LogP contribution in [0.25, 0.3) is 43.1 Å². The maximum Gasteiger partial charge on any atom is 0.409 e. The monoisotopic (exact) mass is 809 g/mol. The van der Waals surface area contributed by atoms with E-state index in [2.05, 4.69) is 43.1 Å². The van der Waals surface area contributed by atoms with Crippen molar-refractivity contribution in [3.05, 3.63) is 162 Å². The molecule has 0 aliphatic rings. The second-order valence-corrected chi connectivity index (χ2v) is 13.5. The summed E-state index contributed by atoms with van der Waals surface area (Å²) >= 11 is 0. The number of primary amides is 2. The first kappa shape index (κ1) is 46.2. The number of Topliss-reactive ketones (excluding diaryl/α,β-unsaturated/α-hetero) is 4. The molecule has 306 valence electrons. The van der Waals surface area contributed by atoms with E-state index in [-0.39, 0.29) is 39.5 Å². The molecule has 0 atom stereocenters. The summed E-state index contributed by atoms with van der Waals surface area (Å²) in [5, 5.41) is 32.2. The number of carboxylic acid groups (broad SMARTS) is 3. The Kier molecular flexibility index (Phi) is 15.2. The first-order valence-corrected chi connectivity index (χ1v) is 17.8. The second kappa shape index (κ2) is 19.8. The molecule has 0 heterocycles. The van der Waals surface area contributed by atoms with Crippen molar-refractivity contribution in [1.82, 2.24) is 0 Å². The van der Waals surface area contributed by atoms with Crippen LogP contribution >= 0.6 is 0 Å². The Morgan fingerprint density at radius 2 is 0.767 bits per heavy atom. The number of benzene rings is 6. The summed E-state index contributed by atoms with van der Waals surface area (Å²) < 4.78 is 0. The van der Waals surface area contributed by atoms with Crippen molar-refractivity contribution < 1.29 is 48.9 Å². The fourth-order valence-electron chi connectivity index (χ4n) is 6.23. The molecular weight excluding hydrogens is 767 g/mol. The normalized spacial score (nSPS) is 10.1. The van der Waals surface area contributed by atoms with Gasteiger partial charge in [0.05, 0.1) is 11.3 Å². The first-order valence-electron chi connectivity index (χ1n) is 17.8. The minimum Gasteiger partial charge on any atom is -0.465 e. The Balaban J connectivity index is 0.000000274. The molecule has 0 spiro atoms. The van der Waals surface area contributed by atoms with Crippen LogP contribution in [-0.2, 0) is 0 Å². The zero-order valence-corrected chi connectivity index (χ0v) is 33.3. The third-order valence-corrected chi connectivity index (χ3v) is 8.65. The van der Waals surface area contributed by atoms with Crippen LogP contribution in [0.1, 0.15) is 69.1 Å². The number of carbonyl (C=O) groups is 7. The highest BCUT2D eigenvalue weighted by molar-refractivity contribution is 6.31. The van der Waals surface area contributed by atoms with Gasteiger partial charge in [-0.1, -0.05) is 99.1 Å². The lowest BCUT2D eigenvalue weighted by Crippen LogP contribution is -2.17. The number of amides is 3. The Bertz CT molecular complexity index is 2670. The maximum absolute atomic E-state index is 12.9. The summed E-state index contributed by atoms with van der Waals surface area (Å²) in [6, 6.07) is 27.9. The molecule has 0 saturated heterocycles. The van der Waals surface area contributed by atoms with Crippen LogP contribution in [0, 0.1) is 0 Å². The topological polar surface area (TPSA) is 244 Å². The van der Waals surface area contributed by atoms with Crippen molar-refractivity contribution in [2.24, 2.45) is 11.5 Å². The number of anilines is 1. The van der Waals surface area contributed by atoms with E-state index >= 15 is 0 Å². The van der Waals surface area contributed by atoms with Crippen molar-refractivity contribution in [2.45, 2.75) is 27.7 Å². The fraction of sp³-hybridized carbons (Fsp3) is 0.0851. The van der Waals surface area contributed by atoms with E-state index in [1.165, 1.54) is 6.92 Å². The summed E-state index contributed by atoms with van der Waals surface area (Å²) in [6.07, 6.45) is -4.00. The van der Waals surface area contributed by atoms with Gasteiger partial charge in [-0.25, -0.2) is 14.4 Å². The maximum atomic E-state index is 12.9. The summed E-state index contributed by atoms with van der Waals surface area (Å²) in [7, 11) is 0. The highest BCUT2D eigenvalue weighted by atomic mass is 16.4. The highest BCUT2D eigenvalue weighted by Crippen LogP contribution is 2.37. The van der Waals surface area contributed by atoms with Gasteiger partial charge < -0.3 is 26.8 Å². The van der Waals surface area contributed by atoms with Gasteiger partial charge in [0.25, 0.3) is 0 Å². The minimum atomic E-state index is -1.33. The molecule has 13 heteroatoms. The summed E-state index contributed by atoms with van der Waals surface area (Å²) in [6.45, 7) is 21.4. The molecule has 6 aromatic carbocycles. The van der Waals surface area contributed by atoms with Crippen LogP contribution in [-0.4, -0.2) is 56.7 Å². The van der Waals surface area contributed by atoms with E-state index in [1.807, 2.05) is 78.9 Å². The van der Waals surface area contributed by atoms with Gasteiger partial charge in [-0.3, -0.25) is 24.5 Å². The molecule has 6 rings (SSSR count). The Labute approximate surface area is 344 Å². The van der Waals surface area contributed by atoms with Crippen LogP contribution in [0.4, 0.5) is 20.1 Å². The average molecular weight is 810 g/mol. The van der Waals surface area contributed by atoms with Gasteiger partial charge >= 0.3 is 18.3 Å². The number of allylic oxidation sites excluding steroid dienone is 4. The molecule has 0 unspecified atom stereocenters. The number of fused-ring (bicyclic) bond motifs is 4. The molecule has 0 aliphatic heterocycles. The highest BCUT2D eigenvalue weighted by Gasteiger charge is 2.26. The summed E-state index contributed by atoms with van der Waals surface area (Å²) in [5.41, 5.74) is 10.8. The largest absolute Gasteiger partial charge is 0.465 e. The van der Waals surface area contributed by atoms with Gasteiger partial charge in [0.2, 0.25) is 0 Å². The van der Waals surface area contributed by atoms with E-state index in [0.717, 1.165) is 32.3 Å². The molecule has 0 fully saturated rings. The average Bonchev–Trinajstić information content (AvgIpc) is 3.17. The SMILES string of the molecule is C=C(C)C(=O)c1c2ccccc2c(C(=O)C(=C)C)c2ccccc12.C=C(C)C(=O)c1cc2cc3ccccc3cc2c(NC(=O)O)c1C(=O)C(=C)C.NC(=O)O.NC(=O)O. The van der Waals surface area contributed by atoms with E-state index in [9.17, 15) is 29.1 Å². The second-order valence-electron chi connectivity index (χ2n) is 13.5. The number of ketones is 4. The lowest BCUT2D eigenvalue weighted by atomic mass is 9.86. The number of rotatable bonds is 9. The minimum absolute atomic E-state index is 0.00863. The van der Waals surface area contributed by atoms with Crippen molar-refractivity contribution in [1.29, 1.82) is 0 Å². The van der Waals surface area contributed by atoms with Gasteiger partial charge in [0.15, 0.2) is 23.1 Å². The van der Waals surface area contributed by atoms with Crippen molar-refractivity contribution >= 4 is 90.2 Å². The molecule has 60 heavy (non-hydrogen) atoms.